The summed E-state index contributed by atoms with van der Waals surface area (Å²) in [6, 6.07) is 10.3. The van der Waals surface area contributed by atoms with Crippen LogP contribution in [0.1, 0.15) is 25.8 Å². The molecule has 0 saturated heterocycles. The van der Waals surface area contributed by atoms with Crippen LogP contribution in [-0.2, 0) is 14.4 Å². The van der Waals surface area contributed by atoms with Crippen molar-refractivity contribution in [3.05, 3.63) is 59.7 Å². The summed E-state index contributed by atoms with van der Waals surface area (Å²) < 4.78 is 31.7. The molecule has 5 heteroatoms. The first-order valence-electron chi connectivity index (χ1n) is 7.24. The number of carbonyl (C=O) groups is 1. The van der Waals surface area contributed by atoms with E-state index in [-0.39, 0.29) is 12.4 Å². The van der Waals surface area contributed by atoms with Crippen LogP contribution in [0, 0.1) is 11.6 Å². The Morgan fingerprint density at radius 3 is 2.39 bits per heavy atom. The van der Waals surface area contributed by atoms with Crippen molar-refractivity contribution >= 4 is 17.6 Å². The molecule has 122 valence electrons. The van der Waals surface area contributed by atoms with Crippen LogP contribution in [0.5, 0.6) is 0 Å². The van der Waals surface area contributed by atoms with Crippen molar-refractivity contribution in [3.8, 4) is 11.1 Å². The lowest BCUT2D eigenvalue weighted by Gasteiger charge is -2.21. The molecule has 0 aromatic heterocycles. The summed E-state index contributed by atoms with van der Waals surface area (Å²) in [5, 5.41) is 0. The molecule has 1 unspecified atom stereocenters. The van der Waals surface area contributed by atoms with E-state index in [1.54, 1.807) is 38.1 Å². The highest BCUT2D eigenvalue weighted by molar-refractivity contribution is 6.24. The van der Waals surface area contributed by atoms with Gasteiger partial charge in [0.25, 0.3) is 0 Å². The van der Waals surface area contributed by atoms with Gasteiger partial charge < -0.3 is 4.74 Å². The van der Waals surface area contributed by atoms with Gasteiger partial charge in [0, 0.05) is 11.6 Å². The SMILES string of the molecule is CCOC(=O)CC(C)(Cl)c1ccc(-c2ccc(F)cc2F)cc1. The average Bonchev–Trinajstić information content (AvgIpc) is 2.47. The Balaban J connectivity index is 2.23. The van der Waals surface area contributed by atoms with Crippen molar-refractivity contribution in [2.45, 2.75) is 25.1 Å². The summed E-state index contributed by atoms with van der Waals surface area (Å²) in [6.45, 7) is 3.75. The van der Waals surface area contributed by atoms with Gasteiger partial charge in [-0.05, 0) is 37.1 Å². The second-order valence-electron chi connectivity index (χ2n) is 5.38. The van der Waals surface area contributed by atoms with Gasteiger partial charge in [-0.1, -0.05) is 24.3 Å². The topological polar surface area (TPSA) is 26.3 Å². The minimum absolute atomic E-state index is 0.0344. The number of hydrogen-bond acceptors (Lipinski definition) is 2. The number of hydrogen-bond donors (Lipinski definition) is 0. The quantitative estimate of drug-likeness (QED) is 0.564. The highest BCUT2D eigenvalue weighted by Crippen LogP contribution is 2.34. The summed E-state index contributed by atoms with van der Waals surface area (Å²) in [4.78, 5) is 10.7. The van der Waals surface area contributed by atoms with Crippen LogP contribution in [0.15, 0.2) is 42.5 Å². The lowest BCUT2D eigenvalue weighted by Crippen LogP contribution is -2.20. The Bertz CT molecular complexity index is 697. The normalized spacial score (nSPS) is 13.4. The van der Waals surface area contributed by atoms with Gasteiger partial charge in [-0.2, -0.15) is 0 Å². The van der Waals surface area contributed by atoms with Crippen LogP contribution in [0.25, 0.3) is 11.1 Å². The Labute approximate surface area is 139 Å². The van der Waals surface area contributed by atoms with Crippen molar-refractivity contribution in [1.82, 2.24) is 0 Å². The number of ether oxygens (including phenoxy) is 1. The first-order chi connectivity index (χ1) is 10.8. The smallest absolute Gasteiger partial charge is 0.307 e. The number of halogens is 3. The fourth-order valence-electron chi connectivity index (χ4n) is 2.31. The molecule has 2 aromatic carbocycles. The Morgan fingerprint density at radius 2 is 1.83 bits per heavy atom. The number of esters is 1. The van der Waals surface area contributed by atoms with Gasteiger partial charge >= 0.3 is 5.97 Å². The molecule has 0 fully saturated rings. The van der Waals surface area contributed by atoms with Crippen LogP contribution in [-0.4, -0.2) is 12.6 Å². The van der Waals surface area contributed by atoms with Gasteiger partial charge in [0.15, 0.2) is 0 Å². The Kier molecular flexibility index (Phi) is 5.37. The molecule has 2 rings (SSSR count). The maximum Gasteiger partial charge on any atom is 0.307 e. The van der Waals surface area contributed by atoms with Gasteiger partial charge in [0.2, 0.25) is 0 Å². The highest BCUT2D eigenvalue weighted by Gasteiger charge is 2.27. The largest absolute Gasteiger partial charge is 0.466 e. The fraction of sp³-hybridized carbons (Fsp3) is 0.278. The lowest BCUT2D eigenvalue weighted by molar-refractivity contribution is -0.143. The summed E-state index contributed by atoms with van der Waals surface area (Å²) in [5.41, 5.74) is 1.63. The Morgan fingerprint density at radius 1 is 1.17 bits per heavy atom. The zero-order valence-corrected chi connectivity index (χ0v) is 13.7. The molecule has 1 atom stereocenters. The molecule has 0 amide bonds. The van der Waals surface area contributed by atoms with Crippen molar-refractivity contribution < 1.29 is 18.3 Å². The molecule has 0 spiro atoms. The maximum absolute atomic E-state index is 13.8. The zero-order valence-electron chi connectivity index (χ0n) is 12.9. The molecule has 0 aliphatic carbocycles. The first kappa shape index (κ1) is 17.4. The summed E-state index contributed by atoms with van der Waals surface area (Å²) in [6.07, 6.45) is 0.0344. The molecular formula is C18H17ClF2O2. The molecule has 0 heterocycles. The van der Waals surface area contributed by atoms with E-state index in [9.17, 15) is 13.6 Å². The van der Waals surface area contributed by atoms with Gasteiger partial charge in [-0.3, -0.25) is 4.79 Å². The van der Waals surface area contributed by atoms with E-state index in [4.69, 9.17) is 16.3 Å². The van der Waals surface area contributed by atoms with Crippen molar-refractivity contribution in [1.29, 1.82) is 0 Å². The molecule has 0 aliphatic rings. The van der Waals surface area contributed by atoms with Gasteiger partial charge in [0.1, 0.15) is 11.6 Å². The van der Waals surface area contributed by atoms with Gasteiger partial charge in [-0.25, -0.2) is 8.78 Å². The van der Waals surface area contributed by atoms with E-state index in [2.05, 4.69) is 0 Å². The van der Waals surface area contributed by atoms with Gasteiger partial charge in [0.05, 0.1) is 17.9 Å². The third kappa shape index (κ3) is 4.29. The van der Waals surface area contributed by atoms with Crippen LogP contribution in [0.3, 0.4) is 0 Å². The number of benzene rings is 2. The zero-order chi connectivity index (χ0) is 17.0. The lowest BCUT2D eigenvalue weighted by atomic mass is 9.94. The maximum atomic E-state index is 13.8. The van der Waals surface area contributed by atoms with E-state index < -0.39 is 16.5 Å². The molecule has 23 heavy (non-hydrogen) atoms. The molecular weight excluding hydrogens is 322 g/mol. The molecule has 0 bridgehead atoms. The fourth-order valence-corrected chi connectivity index (χ4v) is 2.54. The summed E-state index contributed by atoms with van der Waals surface area (Å²) in [5.74, 6) is -1.62. The van der Waals surface area contributed by atoms with Crippen LogP contribution < -0.4 is 0 Å². The second-order valence-corrected chi connectivity index (χ2v) is 6.21. The Hall–Kier alpha value is -1.94. The number of rotatable bonds is 5. The molecule has 2 nitrogen and oxygen atoms in total. The third-order valence-corrected chi connectivity index (χ3v) is 3.86. The summed E-state index contributed by atoms with van der Waals surface area (Å²) >= 11 is 6.42. The highest BCUT2D eigenvalue weighted by atomic mass is 35.5. The molecule has 0 saturated carbocycles. The van der Waals surface area contributed by atoms with E-state index in [1.165, 1.54) is 12.1 Å². The first-order valence-corrected chi connectivity index (χ1v) is 7.62. The van der Waals surface area contributed by atoms with Crippen molar-refractivity contribution in [2.24, 2.45) is 0 Å². The number of carbonyl (C=O) groups excluding carboxylic acids is 1. The predicted octanol–water partition coefficient (Wildman–Crippen LogP) is 5.04. The minimum atomic E-state index is -0.911. The molecule has 0 radical (unpaired) electrons. The standard InChI is InChI=1S/C18H17ClF2O2/c1-3-23-17(22)11-18(2,19)13-6-4-12(5-7-13)15-9-8-14(20)10-16(15)21/h4-10H,3,11H2,1-2H3. The summed E-state index contributed by atoms with van der Waals surface area (Å²) in [7, 11) is 0. The van der Waals surface area contributed by atoms with E-state index >= 15 is 0 Å². The average molecular weight is 339 g/mol. The molecule has 0 aliphatic heterocycles. The van der Waals surface area contributed by atoms with E-state index in [0.29, 0.717) is 17.7 Å². The van der Waals surface area contributed by atoms with E-state index in [1.807, 2.05) is 0 Å². The van der Waals surface area contributed by atoms with Crippen LogP contribution in [0.4, 0.5) is 8.78 Å². The number of alkyl halides is 1. The van der Waals surface area contributed by atoms with Gasteiger partial charge in [-0.15, -0.1) is 11.6 Å². The molecule has 0 N–H and O–H groups in total. The van der Waals surface area contributed by atoms with Crippen molar-refractivity contribution in [2.75, 3.05) is 6.61 Å². The second kappa shape index (κ2) is 7.09. The monoisotopic (exact) mass is 338 g/mol. The van der Waals surface area contributed by atoms with Crippen LogP contribution in [0.2, 0.25) is 0 Å². The van der Waals surface area contributed by atoms with E-state index in [0.717, 1.165) is 11.6 Å². The van der Waals surface area contributed by atoms with Crippen molar-refractivity contribution in [3.63, 3.8) is 0 Å². The minimum Gasteiger partial charge on any atom is -0.466 e. The predicted molar refractivity (Wildman–Crippen MR) is 86.2 cm³/mol. The molecule has 2 aromatic rings. The van der Waals surface area contributed by atoms with Crippen LogP contribution >= 0.6 is 11.6 Å². The third-order valence-electron chi connectivity index (χ3n) is 3.51.